The Kier molecular flexibility index (Phi) is 3.78. The lowest BCUT2D eigenvalue weighted by Crippen LogP contribution is -2.51. The molecule has 0 atom stereocenters. The van der Waals surface area contributed by atoms with Gasteiger partial charge >= 0.3 is 6.01 Å². The predicted molar refractivity (Wildman–Crippen MR) is 71.9 cm³/mol. The Balaban J connectivity index is 1.94. The van der Waals surface area contributed by atoms with E-state index in [4.69, 9.17) is 4.42 Å². The van der Waals surface area contributed by atoms with Crippen LogP contribution in [0.5, 0.6) is 0 Å². The van der Waals surface area contributed by atoms with E-state index in [-0.39, 0.29) is 11.3 Å². The molecule has 0 N–H and O–H groups in total. The van der Waals surface area contributed by atoms with Crippen LogP contribution in [0.1, 0.15) is 33.6 Å². The molecule has 19 heavy (non-hydrogen) atoms. The molecule has 0 spiro atoms. The molecule has 0 aliphatic carbocycles. The molecule has 6 nitrogen and oxygen atoms in total. The molecule has 0 radical (unpaired) electrons. The number of aromatic nitrogens is 2. The van der Waals surface area contributed by atoms with E-state index >= 15 is 0 Å². The number of nitrogens with zero attached hydrogens (tertiary/aromatic N) is 4. The summed E-state index contributed by atoms with van der Waals surface area (Å²) in [5, 5.41) is 8.00. The van der Waals surface area contributed by atoms with E-state index in [0.29, 0.717) is 25.0 Å². The van der Waals surface area contributed by atoms with Crippen molar-refractivity contribution in [1.29, 1.82) is 0 Å². The Morgan fingerprint density at radius 2 is 1.84 bits per heavy atom. The van der Waals surface area contributed by atoms with Gasteiger partial charge < -0.3 is 14.2 Å². The number of carbonyl (C=O) groups is 1. The summed E-state index contributed by atoms with van der Waals surface area (Å²) >= 11 is 0. The summed E-state index contributed by atoms with van der Waals surface area (Å²) in [5.74, 6) is 0.857. The van der Waals surface area contributed by atoms with Gasteiger partial charge in [-0.2, -0.15) is 0 Å². The van der Waals surface area contributed by atoms with E-state index in [2.05, 4.69) is 10.2 Å². The second kappa shape index (κ2) is 5.19. The Hall–Kier alpha value is -1.59. The zero-order valence-electron chi connectivity index (χ0n) is 12.1. The SMILES string of the molecule is CCc1nnc(N2CCN(C(=O)C(C)(C)C)CC2)o1. The molecule has 1 aliphatic heterocycles. The third-order valence-corrected chi connectivity index (χ3v) is 3.24. The number of hydrogen-bond donors (Lipinski definition) is 0. The van der Waals surface area contributed by atoms with Crippen molar-refractivity contribution in [3.63, 3.8) is 0 Å². The van der Waals surface area contributed by atoms with E-state index in [1.54, 1.807) is 0 Å². The van der Waals surface area contributed by atoms with Crippen molar-refractivity contribution in [3.05, 3.63) is 5.89 Å². The van der Waals surface area contributed by atoms with Gasteiger partial charge in [-0.25, -0.2) is 0 Å². The highest BCUT2D eigenvalue weighted by molar-refractivity contribution is 5.81. The largest absolute Gasteiger partial charge is 0.408 e. The summed E-state index contributed by atoms with van der Waals surface area (Å²) in [6, 6.07) is 0.569. The average Bonchev–Trinajstić information content (AvgIpc) is 2.86. The van der Waals surface area contributed by atoms with Crippen LogP contribution < -0.4 is 4.90 Å². The maximum Gasteiger partial charge on any atom is 0.318 e. The molecule has 106 valence electrons. The standard InChI is InChI=1S/C13H22N4O2/c1-5-10-14-15-12(19-10)17-8-6-16(7-9-17)11(18)13(2,3)4/h5-9H2,1-4H3. The van der Waals surface area contributed by atoms with E-state index < -0.39 is 0 Å². The first-order valence-electron chi connectivity index (χ1n) is 6.78. The Morgan fingerprint density at radius 3 is 2.32 bits per heavy atom. The van der Waals surface area contributed by atoms with Crippen molar-refractivity contribution in [1.82, 2.24) is 15.1 Å². The average molecular weight is 266 g/mol. The van der Waals surface area contributed by atoms with Crippen molar-refractivity contribution in [2.24, 2.45) is 5.41 Å². The van der Waals surface area contributed by atoms with Crippen LogP contribution in [0.25, 0.3) is 0 Å². The second-order valence-electron chi connectivity index (χ2n) is 5.86. The molecule has 1 amide bonds. The van der Waals surface area contributed by atoms with Crippen LogP contribution in [0.3, 0.4) is 0 Å². The number of carbonyl (C=O) groups excluding carboxylic acids is 1. The summed E-state index contributed by atoms with van der Waals surface area (Å²) < 4.78 is 5.54. The minimum absolute atomic E-state index is 0.201. The van der Waals surface area contributed by atoms with Crippen molar-refractivity contribution < 1.29 is 9.21 Å². The van der Waals surface area contributed by atoms with E-state index in [9.17, 15) is 4.79 Å². The second-order valence-corrected chi connectivity index (χ2v) is 5.86. The first kappa shape index (κ1) is 13.8. The highest BCUT2D eigenvalue weighted by Crippen LogP contribution is 2.20. The Labute approximate surface area is 113 Å². The Bertz CT molecular complexity index is 442. The number of amides is 1. The third kappa shape index (κ3) is 3.05. The summed E-state index contributed by atoms with van der Waals surface area (Å²) in [5.41, 5.74) is -0.317. The van der Waals surface area contributed by atoms with Gasteiger partial charge in [-0.1, -0.05) is 32.8 Å². The zero-order valence-corrected chi connectivity index (χ0v) is 12.1. The summed E-state index contributed by atoms with van der Waals surface area (Å²) in [6.45, 7) is 10.7. The van der Waals surface area contributed by atoms with Gasteiger partial charge in [-0.3, -0.25) is 4.79 Å². The molecule has 6 heteroatoms. The van der Waals surface area contributed by atoms with Gasteiger partial charge in [0.2, 0.25) is 11.8 Å². The van der Waals surface area contributed by atoms with Crippen LogP contribution in [0, 0.1) is 5.41 Å². The molecule has 1 aromatic rings. The quantitative estimate of drug-likeness (QED) is 0.808. The lowest BCUT2D eigenvalue weighted by atomic mass is 9.94. The van der Waals surface area contributed by atoms with Gasteiger partial charge in [0.15, 0.2) is 0 Å². The van der Waals surface area contributed by atoms with Gasteiger partial charge in [0.25, 0.3) is 0 Å². The van der Waals surface area contributed by atoms with E-state index in [0.717, 1.165) is 19.5 Å². The highest BCUT2D eigenvalue weighted by Gasteiger charge is 2.30. The van der Waals surface area contributed by atoms with Crippen molar-refractivity contribution in [2.45, 2.75) is 34.1 Å². The van der Waals surface area contributed by atoms with Crippen LogP contribution in [0.15, 0.2) is 4.42 Å². The zero-order chi connectivity index (χ0) is 14.0. The fourth-order valence-corrected chi connectivity index (χ4v) is 2.09. The van der Waals surface area contributed by atoms with E-state index in [1.807, 2.05) is 37.5 Å². The molecular formula is C13H22N4O2. The topological polar surface area (TPSA) is 62.5 Å². The summed E-state index contributed by atoms with van der Waals surface area (Å²) in [4.78, 5) is 16.1. The lowest BCUT2D eigenvalue weighted by molar-refractivity contribution is -0.139. The predicted octanol–water partition coefficient (Wildman–Crippen LogP) is 1.33. The first-order valence-corrected chi connectivity index (χ1v) is 6.78. The number of hydrogen-bond acceptors (Lipinski definition) is 5. The maximum atomic E-state index is 12.2. The Morgan fingerprint density at radius 1 is 1.21 bits per heavy atom. The molecule has 0 unspecified atom stereocenters. The third-order valence-electron chi connectivity index (χ3n) is 3.24. The number of anilines is 1. The van der Waals surface area contributed by atoms with Gasteiger partial charge in [0.1, 0.15) is 0 Å². The molecule has 2 heterocycles. The van der Waals surface area contributed by atoms with Crippen LogP contribution in [0.2, 0.25) is 0 Å². The van der Waals surface area contributed by atoms with E-state index in [1.165, 1.54) is 0 Å². The molecule has 1 aliphatic rings. The fourth-order valence-electron chi connectivity index (χ4n) is 2.09. The lowest BCUT2D eigenvalue weighted by Gasteiger charge is -2.36. The molecule has 1 saturated heterocycles. The molecular weight excluding hydrogens is 244 g/mol. The number of rotatable bonds is 2. The van der Waals surface area contributed by atoms with Crippen molar-refractivity contribution in [2.75, 3.05) is 31.1 Å². The summed E-state index contributed by atoms with van der Waals surface area (Å²) in [7, 11) is 0. The molecule has 1 fully saturated rings. The van der Waals surface area contributed by atoms with Crippen LogP contribution in [-0.4, -0.2) is 47.2 Å². The normalized spacial score (nSPS) is 16.8. The highest BCUT2D eigenvalue weighted by atomic mass is 16.4. The first-order chi connectivity index (χ1) is 8.91. The van der Waals surface area contributed by atoms with Gasteiger partial charge in [-0.15, -0.1) is 5.10 Å². The summed E-state index contributed by atoms with van der Waals surface area (Å²) in [6.07, 6.45) is 0.746. The maximum absolute atomic E-state index is 12.2. The molecule has 0 aromatic carbocycles. The number of aryl methyl sites for hydroxylation is 1. The smallest absolute Gasteiger partial charge is 0.318 e. The molecule has 0 bridgehead atoms. The monoisotopic (exact) mass is 266 g/mol. The van der Waals surface area contributed by atoms with Crippen LogP contribution >= 0.6 is 0 Å². The fraction of sp³-hybridized carbons (Fsp3) is 0.769. The molecule has 0 saturated carbocycles. The van der Waals surface area contributed by atoms with Crippen LogP contribution in [0.4, 0.5) is 6.01 Å². The van der Waals surface area contributed by atoms with Gasteiger partial charge in [0.05, 0.1) is 0 Å². The van der Waals surface area contributed by atoms with Gasteiger partial charge in [0, 0.05) is 38.0 Å². The minimum atomic E-state index is -0.317. The number of piperazine rings is 1. The minimum Gasteiger partial charge on any atom is -0.408 e. The van der Waals surface area contributed by atoms with Crippen molar-refractivity contribution in [3.8, 4) is 0 Å². The molecule has 2 rings (SSSR count). The van der Waals surface area contributed by atoms with Gasteiger partial charge in [-0.05, 0) is 0 Å². The van der Waals surface area contributed by atoms with Crippen molar-refractivity contribution >= 4 is 11.9 Å². The van der Waals surface area contributed by atoms with Crippen LogP contribution in [-0.2, 0) is 11.2 Å². The molecule has 1 aromatic heterocycles.